The molecule has 3 rings (SSSR count). The molecular weight excluding hydrogens is 224 g/mol. The number of nitrogens with one attached hydrogen (secondary N) is 2. The van der Waals surface area contributed by atoms with E-state index >= 15 is 0 Å². The lowest BCUT2D eigenvalue weighted by Crippen LogP contribution is -2.24. The van der Waals surface area contributed by atoms with Crippen LogP contribution in [0, 0.1) is 5.92 Å². The molecule has 0 radical (unpaired) electrons. The second kappa shape index (κ2) is 3.83. The van der Waals surface area contributed by atoms with Crippen molar-refractivity contribution in [2.75, 3.05) is 11.9 Å². The third kappa shape index (κ3) is 2.13. The summed E-state index contributed by atoms with van der Waals surface area (Å²) in [6.45, 7) is 0.369. The zero-order valence-electron chi connectivity index (χ0n) is 9.10. The highest BCUT2D eigenvalue weighted by molar-refractivity contribution is 5.95. The molecule has 1 unspecified atom stereocenters. The highest BCUT2D eigenvalue weighted by Gasteiger charge is 2.31. The van der Waals surface area contributed by atoms with Gasteiger partial charge in [0.05, 0.1) is 5.92 Å². The highest BCUT2D eigenvalue weighted by atomic mass is 16.4. The number of anilines is 1. The maximum atomic E-state index is 11.7. The fourth-order valence-electron chi connectivity index (χ4n) is 1.78. The van der Waals surface area contributed by atoms with Crippen LogP contribution >= 0.6 is 0 Å². The number of rotatable bonds is 3. The first-order valence-corrected chi connectivity index (χ1v) is 5.63. The molecule has 17 heavy (non-hydrogen) atoms. The first kappa shape index (κ1) is 10.2. The molecule has 1 saturated carbocycles. The normalized spacial score (nSPS) is 23.5. The summed E-state index contributed by atoms with van der Waals surface area (Å²) in [6.07, 6.45) is 2.35. The average molecular weight is 236 g/mol. The summed E-state index contributed by atoms with van der Waals surface area (Å²) >= 11 is 0. The van der Waals surface area contributed by atoms with Crippen LogP contribution in [0.1, 0.15) is 31.1 Å². The summed E-state index contributed by atoms with van der Waals surface area (Å²) in [5, 5.41) is 12.8. The van der Waals surface area contributed by atoms with Gasteiger partial charge < -0.3 is 9.73 Å². The van der Waals surface area contributed by atoms with E-state index in [4.69, 9.17) is 4.42 Å². The van der Waals surface area contributed by atoms with Crippen LogP contribution in [0.3, 0.4) is 0 Å². The van der Waals surface area contributed by atoms with E-state index in [2.05, 4.69) is 20.8 Å². The molecule has 1 aromatic rings. The van der Waals surface area contributed by atoms with Crippen molar-refractivity contribution in [3.8, 4) is 0 Å². The maximum absolute atomic E-state index is 11.7. The molecule has 0 aromatic carbocycles. The predicted octanol–water partition coefficient (Wildman–Crippen LogP) is 0.0216. The third-order valence-electron chi connectivity index (χ3n) is 2.95. The SMILES string of the molecule is O=C1CC(C(=O)Nc2nnc(C3CC3)o2)CN1. The van der Waals surface area contributed by atoms with Crippen molar-refractivity contribution in [2.24, 2.45) is 5.92 Å². The van der Waals surface area contributed by atoms with Crippen molar-refractivity contribution in [3.05, 3.63) is 5.89 Å². The lowest BCUT2D eigenvalue weighted by Gasteiger charge is -2.04. The van der Waals surface area contributed by atoms with E-state index in [1.165, 1.54) is 0 Å². The number of amides is 2. The van der Waals surface area contributed by atoms with Gasteiger partial charge in [-0.2, -0.15) is 0 Å². The third-order valence-corrected chi connectivity index (χ3v) is 2.95. The summed E-state index contributed by atoms with van der Waals surface area (Å²) in [5.74, 6) is 0.242. The first-order chi connectivity index (χ1) is 8.22. The Labute approximate surface area is 97.0 Å². The molecule has 1 aliphatic carbocycles. The molecule has 2 aliphatic rings. The minimum absolute atomic E-state index is 0.102. The van der Waals surface area contributed by atoms with E-state index in [9.17, 15) is 9.59 Å². The Morgan fingerprint density at radius 2 is 2.24 bits per heavy atom. The molecule has 0 bridgehead atoms. The zero-order chi connectivity index (χ0) is 11.8. The van der Waals surface area contributed by atoms with Crippen LogP contribution in [0.2, 0.25) is 0 Å². The number of aromatic nitrogens is 2. The molecule has 0 spiro atoms. The summed E-state index contributed by atoms with van der Waals surface area (Å²) in [4.78, 5) is 22.7. The lowest BCUT2D eigenvalue weighted by atomic mass is 10.1. The van der Waals surface area contributed by atoms with Crippen molar-refractivity contribution in [1.29, 1.82) is 0 Å². The minimum atomic E-state index is -0.348. The summed E-state index contributed by atoms with van der Waals surface area (Å²) < 4.78 is 5.31. The van der Waals surface area contributed by atoms with Crippen molar-refractivity contribution >= 4 is 17.8 Å². The van der Waals surface area contributed by atoms with E-state index in [1.54, 1.807) is 0 Å². The monoisotopic (exact) mass is 236 g/mol. The second-order valence-corrected chi connectivity index (χ2v) is 4.41. The Balaban J connectivity index is 1.61. The number of hydrogen-bond acceptors (Lipinski definition) is 5. The second-order valence-electron chi connectivity index (χ2n) is 4.41. The van der Waals surface area contributed by atoms with Crippen LogP contribution < -0.4 is 10.6 Å². The maximum Gasteiger partial charge on any atom is 0.322 e. The van der Waals surface area contributed by atoms with Gasteiger partial charge in [0.1, 0.15) is 0 Å². The van der Waals surface area contributed by atoms with Crippen LogP contribution in [0.5, 0.6) is 0 Å². The van der Waals surface area contributed by atoms with Gasteiger partial charge in [0, 0.05) is 18.9 Å². The highest BCUT2D eigenvalue weighted by Crippen LogP contribution is 2.39. The largest absolute Gasteiger partial charge is 0.408 e. The number of carbonyl (C=O) groups is 2. The Morgan fingerprint density at radius 1 is 1.41 bits per heavy atom. The molecule has 2 fully saturated rings. The first-order valence-electron chi connectivity index (χ1n) is 5.63. The molecule has 1 saturated heterocycles. The van der Waals surface area contributed by atoms with Gasteiger partial charge in [0.25, 0.3) is 0 Å². The Hall–Kier alpha value is -1.92. The number of nitrogens with zero attached hydrogens (tertiary/aromatic N) is 2. The van der Waals surface area contributed by atoms with Crippen LogP contribution in [-0.4, -0.2) is 28.6 Å². The van der Waals surface area contributed by atoms with Crippen molar-refractivity contribution in [1.82, 2.24) is 15.5 Å². The van der Waals surface area contributed by atoms with Crippen LogP contribution in [0.25, 0.3) is 0 Å². The molecule has 1 aromatic heterocycles. The molecule has 2 heterocycles. The van der Waals surface area contributed by atoms with E-state index in [-0.39, 0.29) is 30.2 Å². The molecule has 7 heteroatoms. The van der Waals surface area contributed by atoms with Gasteiger partial charge in [-0.05, 0) is 12.8 Å². The summed E-state index contributed by atoms with van der Waals surface area (Å²) in [5.41, 5.74) is 0. The van der Waals surface area contributed by atoms with Crippen LogP contribution in [0.15, 0.2) is 4.42 Å². The standard InChI is InChI=1S/C10H12N4O3/c15-7-3-6(4-11-7)8(16)12-10-14-13-9(17-10)5-1-2-5/h5-6H,1-4H2,(H,11,15)(H,12,14,16). The Bertz CT molecular complexity index is 466. The van der Waals surface area contributed by atoms with Crippen LogP contribution in [-0.2, 0) is 9.59 Å². The fourth-order valence-corrected chi connectivity index (χ4v) is 1.78. The minimum Gasteiger partial charge on any atom is -0.408 e. The average Bonchev–Trinajstić information content (AvgIpc) is 2.90. The molecule has 7 nitrogen and oxygen atoms in total. The van der Waals surface area contributed by atoms with Crippen molar-refractivity contribution in [2.45, 2.75) is 25.2 Å². The molecule has 1 aliphatic heterocycles. The smallest absolute Gasteiger partial charge is 0.322 e. The Morgan fingerprint density at radius 3 is 2.88 bits per heavy atom. The van der Waals surface area contributed by atoms with Crippen molar-refractivity contribution < 1.29 is 14.0 Å². The van der Waals surface area contributed by atoms with Crippen molar-refractivity contribution in [3.63, 3.8) is 0 Å². The molecular formula is C10H12N4O3. The van der Waals surface area contributed by atoms with Gasteiger partial charge in [-0.1, -0.05) is 5.10 Å². The molecule has 2 amide bonds. The topological polar surface area (TPSA) is 97.1 Å². The number of hydrogen-bond donors (Lipinski definition) is 2. The quantitative estimate of drug-likeness (QED) is 0.771. The fraction of sp³-hybridized carbons (Fsp3) is 0.600. The zero-order valence-corrected chi connectivity index (χ0v) is 9.10. The summed E-state index contributed by atoms with van der Waals surface area (Å²) in [6, 6.07) is 0.122. The molecule has 2 N–H and O–H groups in total. The van der Waals surface area contributed by atoms with Gasteiger partial charge >= 0.3 is 6.01 Å². The van der Waals surface area contributed by atoms with Gasteiger partial charge in [-0.25, -0.2) is 0 Å². The van der Waals surface area contributed by atoms with E-state index in [0.717, 1.165) is 12.8 Å². The van der Waals surface area contributed by atoms with E-state index in [0.29, 0.717) is 18.4 Å². The van der Waals surface area contributed by atoms with E-state index < -0.39 is 0 Å². The Kier molecular flexibility index (Phi) is 2.31. The van der Waals surface area contributed by atoms with Crippen LogP contribution in [0.4, 0.5) is 6.01 Å². The van der Waals surface area contributed by atoms with Gasteiger partial charge in [0.2, 0.25) is 17.7 Å². The van der Waals surface area contributed by atoms with E-state index in [1.807, 2.05) is 0 Å². The molecule has 1 atom stereocenters. The summed E-state index contributed by atoms with van der Waals surface area (Å²) in [7, 11) is 0. The molecule has 90 valence electrons. The van der Waals surface area contributed by atoms with Gasteiger partial charge in [0.15, 0.2) is 0 Å². The van der Waals surface area contributed by atoms with Gasteiger partial charge in [-0.3, -0.25) is 14.9 Å². The predicted molar refractivity (Wildman–Crippen MR) is 56.0 cm³/mol. The number of carbonyl (C=O) groups excluding carboxylic acids is 2. The van der Waals surface area contributed by atoms with Gasteiger partial charge in [-0.15, -0.1) is 5.10 Å². The lowest BCUT2D eigenvalue weighted by molar-refractivity contribution is -0.123.